The molecule has 1 unspecified atom stereocenters. The van der Waals surface area contributed by atoms with Crippen molar-refractivity contribution < 1.29 is 0 Å². The predicted octanol–water partition coefficient (Wildman–Crippen LogP) is 8.10. The van der Waals surface area contributed by atoms with E-state index in [1.807, 2.05) is 0 Å². The minimum Gasteiger partial charge on any atom is -0.0620 e. The van der Waals surface area contributed by atoms with Crippen LogP contribution in [0.5, 0.6) is 0 Å². The molecule has 0 bridgehead atoms. The van der Waals surface area contributed by atoms with Gasteiger partial charge in [-0.3, -0.25) is 0 Å². The minimum atomic E-state index is 0.146. The molecule has 0 aliphatic heterocycles. The van der Waals surface area contributed by atoms with Gasteiger partial charge in [0.25, 0.3) is 0 Å². The second-order valence-electron chi connectivity index (χ2n) is 11.7. The van der Waals surface area contributed by atoms with Crippen molar-refractivity contribution in [3.63, 3.8) is 0 Å². The van der Waals surface area contributed by atoms with Crippen LogP contribution in [0.15, 0.2) is 48.5 Å². The zero-order valence-corrected chi connectivity index (χ0v) is 20.3. The molecule has 2 aliphatic rings. The van der Waals surface area contributed by atoms with E-state index in [-0.39, 0.29) is 10.8 Å². The SMILES string of the molecule is CCc1c(C(C)(C)C)ccc2c1C1Cc3ccccc3Cc3c(C(C)(C)C)ccc-2c31. The van der Waals surface area contributed by atoms with Crippen LogP contribution in [0.4, 0.5) is 0 Å². The van der Waals surface area contributed by atoms with Crippen molar-refractivity contribution in [3.8, 4) is 11.1 Å². The summed E-state index contributed by atoms with van der Waals surface area (Å²) in [6.07, 6.45) is 3.28. The first kappa shape index (κ1) is 20.6. The second kappa shape index (κ2) is 6.83. The number of fused-ring (bicyclic) bond motifs is 4. The first-order valence-corrected chi connectivity index (χ1v) is 12.0. The fourth-order valence-corrected chi connectivity index (χ4v) is 6.26. The predicted molar refractivity (Wildman–Crippen MR) is 133 cm³/mol. The molecule has 0 heteroatoms. The smallest absolute Gasteiger partial charge is 0.0148 e. The van der Waals surface area contributed by atoms with E-state index in [4.69, 9.17) is 0 Å². The Morgan fingerprint density at radius 1 is 0.710 bits per heavy atom. The number of hydrogen-bond donors (Lipinski definition) is 0. The van der Waals surface area contributed by atoms with E-state index in [0.717, 1.165) is 19.3 Å². The van der Waals surface area contributed by atoms with Crippen molar-refractivity contribution in [2.24, 2.45) is 0 Å². The third-order valence-electron chi connectivity index (χ3n) is 7.58. The maximum absolute atomic E-state index is 2.43. The van der Waals surface area contributed by atoms with E-state index in [1.54, 1.807) is 22.3 Å². The maximum atomic E-state index is 2.43. The summed E-state index contributed by atoms with van der Waals surface area (Å²) >= 11 is 0. The van der Waals surface area contributed by atoms with Crippen LogP contribution in [0.1, 0.15) is 98.9 Å². The molecule has 0 saturated heterocycles. The number of benzene rings is 3. The lowest BCUT2D eigenvalue weighted by Gasteiger charge is -2.27. The van der Waals surface area contributed by atoms with Crippen LogP contribution in [0.2, 0.25) is 0 Å². The van der Waals surface area contributed by atoms with Gasteiger partial charge in [0, 0.05) is 5.92 Å². The van der Waals surface area contributed by atoms with Gasteiger partial charge >= 0.3 is 0 Å². The minimum absolute atomic E-state index is 0.146. The van der Waals surface area contributed by atoms with Gasteiger partial charge in [-0.05, 0) is 85.7 Å². The van der Waals surface area contributed by atoms with Crippen molar-refractivity contribution in [3.05, 3.63) is 93.0 Å². The fraction of sp³-hybridized carbons (Fsp3) is 0.419. The molecule has 0 N–H and O–H groups in total. The first-order valence-electron chi connectivity index (χ1n) is 12.0. The lowest BCUT2D eigenvalue weighted by molar-refractivity contribution is 0.580. The highest BCUT2D eigenvalue weighted by molar-refractivity contribution is 5.83. The normalized spacial score (nSPS) is 17.1. The summed E-state index contributed by atoms with van der Waals surface area (Å²) in [5.74, 6) is 0.475. The Morgan fingerprint density at radius 3 is 1.90 bits per heavy atom. The molecule has 0 nitrogen and oxygen atoms in total. The van der Waals surface area contributed by atoms with Crippen LogP contribution in [-0.4, -0.2) is 0 Å². The van der Waals surface area contributed by atoms with Crippen LogP contribution in [0, 0.1) is 0 Å². The Kier molecular flexibility index (Phi) is 4.53. The Labute approximate surface area is 188 Å². The van der Waals surface area contributed by atoms with Gasteiger partial charge in [-0.1, -0.05) is 97.0 Å². The summed E-state index contributed by atoms with van der Waals surface area (Å²) in [6.45, 7) is 16.5. The van der Waals surface area contributed by atoms with E-state index < -0.39 is 0 Å². The molecule has 0 radical (unpaired) electrons. The molecule has 0 saturated carbocycles. The average Bonchev–Trinajstić information content (AvgIpc) is 2.90. The van der Waals surface area contributed by atoms with Crippen molar-refractivity contribution in [2.75, 3.05) is 0 Å². The van der Waals surface area contributed by atoms with E-state index >= 15 is 0 Å². The molecule has 0 fully saturated rings. The summed E-state index contributed by atoms with van der Waals surface area (Å²) in [6, 6.07) is 18.9. The van der Waals surface area contributed by atoms with Crippen LogP contribution in [-0.2, 0) is 30.1 Å². The summed E-state index contributed by atoms with van der Waals surface area (Å²) in [5, 5.41) is 0. The van der Waals surface area contributed by atoms with Gasteiger partial charge in [0.2, 0.25) is 0 Å². The highest BCUT2D eigenvalue weighted by Gasteiger charge is 2.38. The third kappa shape index (κ3) is 3.10. The number of rotatable bonds is 1. The quantitative estimate of drug-likeness (QED) is 0.381. The van der Waals surface area contributed by atoms with Gasteiger partial charge < -0.3 is 0 Å². The molecule has 160 valence electrons. The largest absolute Gasteiger partial charge is 0.0620 e. The van der Waals surface area contributed by atoms with Crippen molar-refractivity contribution in [2.45, 2.75) is 84.5 Å². The van der Waals surface area contributed by atoms with Gasteiger partial charge in [0.1, 0.15) is 0 Å². The van der Waals surface area contributed by atoms with E-state index in [0.29, 0.717) is 5.92 Å². The van der Waals surface area contributed by atoms with E-state index in [9.17, 15) is 0 Å². The van der Waals surface area contributed by atoms with Crippen LogP contribution >= 0.6 is 0 Å². The third-order valence-corrected chi connectivity index (χ3v) is 7.58. The zero-order valence-electron chi connectivity index (χ0n) is 20.3. The van der Waals surface area contributed by atoms with Crippen LogP contribution < -0.4 is 0 Å². The van der Waals surface area contributed by atoms with E-state index in [1.165, 1.54) is 33.4 Å². The Bertz CT molecular complexity index is 1180. The molecule has 1 atom stereocenters. The van der Waals surface area contributed by atoms with Gasteiger partial charge in [-0.2, -0.15) is 0 Å². The molecule has 2 aliphatic carbocycles. The molecular formula is C31H36. The zero-order chi connectivity index (χ0) is 22.1. The lowest BCUT2D eigenvalue weighted by Crippen LogP contribution is -2.17. The first-order chi connectivity index (χ1) is 14.6. The highest BCUT2D eigenvalue weighted by Crippen LogP contribution is 2.54. The lowest BCUT2D eigenvalue weighted by atomic mass is 9.77. The number of hydrogen-bond acceptors (Lipinski definition) is 0. The molecule has 0 heterocycles. The Balaban J connectivity index is 1.86. The van der Waals surface area contributed by atoms with Crippen molar-refractivity contribution in [1.29, 1.82) is 0 Å². The molecule has 3 aromatic rings. The molecule has 0 spiro atoms. The van der Waals surface area contributed by atoms with Gasteiger partial charge in [0.05, 0.1) is 0 Å². The maximum Gasteiger partial charge on any atom is 0.0148 e. The van der Waals surface area contributed by atoms with Gasteiger partial charge in [0.15, 0.2) is 0 Å². The Hall–Kier alpha value is -2.34. The molecular weight excluding hydrogens is 372 g/mol. The van der Waals surface area contributed by atoms with Gasteiger partial charge in [-0.25, -0.2) is 0 Å². The topological polar surface area (TPSA) is 0 Å². The van der Waals surface area contributed by atoms with Crippen LogP contribution in [0.25, 0.3) is 11.1 Å². The molecule has 0 amide bonds. The van der Waals surface area contributed by atoms with Crippen molar-refractivity contribution >= 4 is 0 Å². The van der Waals surface area contributed by atoms with Gasteiger partial charge in [-0.15, -0.1) is 0 Å². The highest BCUT2D eigenvalue weighted by atomic mass is 14.4. The molecule has 0 aromatic heterocycles. The average molecular weight is 409 g/mol. The standard InChI is InChI=1S/C31H36/c1-8-21-26(30(2,3)4)15-13-22-23-14-16-27(31(5,6)7)24-17-19-11-9-10-12-20(19)18-25(28(21)22)29(23)24/h9-16,25H,8,17-18H2,1-7H3. The fourth-order valence-electron chi connectivity index (χ4n) is 6.26. The van der Waals surface area contributed by atoms with Crippen LogP contribution in [0.3, 0.4) is 0 Å². The monoisotopic (exact) mass is 408 g/mol. The molecule has 5 rings (SSSR count). The molecule has 3 aromatic carbocycles. The summed E-state index contributed by atoms with van der Waals surface area (Å²) in [7, 11) is 0. The second-order valence-corrected chi connectivity index (χ2v) is 11.7. The van der Waals surface area contributed by atoms with E-state index in [2.05, 4.69) is 97.0 Å². The molecule has 31 heavy (non-hydrogen) atoms. The summed E-state index contributed by atoms with van der Waals surface area (Å²) in [5.41, 5.74) is 15.8. The summed E-state index contributed by atoms with van der Waals surface area (Å²) < 4.78 is 0. The van der Waals surface area contributed by atoms with Crippen molar-refractivity contribution in [1.82, 2.24) is 0 Å². The summed E-state index contributed by atoms with van der Waals surface area (Å²) in [4.78, 5) is 0. The Morgan fingerprint density at radius 2 is 1.29 bits per heavy atom.